The first-order chi connectivity index (χ1) is 11.0. The van der Waals surface area contributed by atoms with Crippen LogP contribution in [-0.4, -0.2) is 54.5 Å². The van der Waals surface area contributed by atoms with E-state index in [2.05, 4.69) is 31.8 Å². The van der Waals surface area contributed by atoms with Gasteiger partial charge in [-0.1, -0.05) is 0 Å². The summed E-state index contributed by atoms with van der Waals surface area (Å²) in [4.78, 5) is 30.2. The van der Waals surface area contributed by atoms with Gasteiger partial charge in [0.2, 0.25) is 0 Å². The molecular weight excluding hydrogens is 294 g/mol. The number of nitrogens with one attached hydrogen (secondary N) is 3. The Morgan fingerprint density at radius 3 is 2.70 bits per heavy atom. The molecule has 3 N–H and O–H groups in total. The Morgan fingerprint density at radius 1 is 1.48 bits per heavy atom. The van der Waals surface area contributed by atoms with Gasteiger partial charge in [0.1, 0.15) is 5.54 Å². The molecule has 1 atom stereocenters. The van der Waals surface area contributed by atoms with Crippen molar-refractivity contribution in [1.29, 1.82) is 0 Å². The van der Waals surface area contributed by atoms with E-state index in [1.165, 1.54) is 0 Å². The Morgan fingerprint density at radius 2 is 2.17 bits per heavy atom. The van der Waals surface area contributed by atoms with Crippen molar-refractivity contribution < 1.29 is 9.59 Å². The number of guanidine groups is 1. The highest BCUT2D eigenvalue weighted by molar-refractivity contribution is 6.07. The van der Waals surface area contributed by atoms with Crippen LogP contribution < -0.4 is 16.0 Å². The zero-order chi connectivity index (χ0) is 16.9. The van der Waals surface area contributed by atoms with Gasteiger partial charge in [-0.25, -0.2) is 4.79 Å². The number of aliphatic imine (C=N–C) groups is 1. The van der Waals surface area contributed by atoms with E-state index in [-0.39, 0.29) is 11.8 Å². The van der Waals surface area contributed by atoms with Gasteiger partial charge in [-0.3, -0.25) is 15.1 Å². The fraction of sp³-hybridized carbons (Fsp3) is 0.688. The monoisotopic (exact) mass is 319 g/mol. The first-order valence-electron chi connectivity index (χ1n) is 8.11. The second-order valence-corrected chi connectivity index (χ2v) is 6.06. The summed E-state index contributed by atoms with van der Waals surface area (Å²) in [5, 5.41) is 8.39. The van der Waals surface area contributed by atoms with Gasteiger partial charge in [0.25, 0.3) is 5.91 Å². The van der Waals surface area contributed by atoms with Gasteiger partial charge in [0, 0.05) is 26.1 Å². The van der Waals surface area contributed by atoms with E-state index >= 15 is 0 Å². The zero-order valence-electron chi connectivity index (χ0n) is 13.8. The minimum atomic E-state index is -0.803. The molecule has 0 spiro atoms. The Bertz CT molecular complexity index is 531. The third-order valence-corrected chi connectivity index (χ3v) is 4.54. The number of imide groups is 1. The SMILES string of the molecule is C#CCCN=C(NCC)N1CCC(C2(C)NC(=O)NC2=O)CC1. The van der Waals surface area contributed by atoms with Gasteiger partial charge < -0.3 is 15.5 Å². The maximum absolute atomic E-state index is 12.0. The summed E-state index contributed by atoms with van der Waals surface area (Å²) < 4.78 is 0. The number of hydrogen-bond acceptors (Lipinski definition) is 3. The third kappa shape index (κ3) is 3.76. The van der Waals surface area contributed by atoms with E-state index in [0.29, 0.717) is 13.0 Å². The minimum Gasteiger partial charge on any atom is -0.357 e. The molecule has 0 saturated carbocycles. The van der Waals surface area contributed by atoms with Crippen LogP contribution in [0.15, 0.2) is 4.99 Å². The molecule has 2 heterocycles. The van der Waals surface area contributed by atoms with Crippen molar-refractivity contribution in [1.82, 2.24) is 20.9 Å². The molecule has 0 aromatic heterocycles. The van der Waals surface area contributed by atoms with Crippen molar-refractivity contribution in [2.24, 2.45) is 10.9 Å². The Kier molecular flexibility index (Phi) is 5.48. The molecule has 7 heteroatoms. The molecule has 3 amide bonds. The fourth-order valence-corrected chi connectivity index (χ4v) is 3.17. The average Bonchev–Trinajstić information content (AvgIpc) is 2.80. The first-order valence-corrected chi connectivity index (χ1v) is 8.11. The predicted molar refractivity (Wildman–Crippen MR) is 88.8 cm³/mol. The summed E-state index contributed by atoms with van der Waals surface area (Å²) in [5.74, 6) is 3.35. The van der Waals surface area contributed by atoms with Crippen molar-refractivity contribution in [3.63, 3.8) is 0 Å². The molecule has 0 aromatic carbocycles. The second-order valence-electron chi connectivity index (χ2n) is 6.06. The Labute approximate surface area is 137 Å². The number of urea groups is 1. The molecule has 0 aliphatic carbocycles. The molecule has 2 saturated heterocycles. The number of piperidine rings is 1. The molecule has 1 unspecified atom stereocenters. The molecule has 23 heavy (non-hydrogen) atoms. The summed E-state index contributed by atoms with van der Waals surface area (Å²) in [7, 11) is 0. The summed E-state index contributed by atoms with van der Waals surface area (Å²) in [6.45, 7) is 6.83. The molecule has 2 fully saturated rings. The first kappa shape index (κ1) is 17.1. The largest absolute Gasteiger partial charge is 0.357 e. The number of carbonyl (C=O) groups is 2. The highest BCUT2D eigenvalue weighted by atomic mass is 16.2. The van der Waals surface area contributed by atoms with Gasteiger partial charge in [-0.05, 0) is 32.6 Å². The lowest BCUT2D eigenvalue weighted by Crippen LogP contribution is -2.55. The van der Waals surface area contributed by atoms with Crippen molar-refractivity contribution >= 4 is 17.9 Å². The lowest BCUT2D eigenvalue weighted by atomic mass is 9.79. The molecule has 7 nitrogen and oxygen atoms in total. The van der Waals surface area contributed by atoms with Crippen LogP contribution in [-0.2, 0) is 4.79 Å². The zero-order valence-corrected chi connectivity index (χ0v) is 13.8. The molecule has 0 aromatic rings. The molecular formula is C16H25N5O2. The van der Waals surface area contributed by atoms with Gasteiger partial charge >= 0.3 is 6.03 Å². The highest BCUT2D eigenvalue weighted by Gasteiger charge is 2.48. The maximum Gasteiger partial charge on any atom is 0.322 e. The molecule has 0 bridgehead atoms. The number of carbonyl (C=O) groups excluding carboxylic acids is 2. The summed E-state index contributed by atoms with van der Waals surface area (Å²) >= 11 is 0. The summed E-state index contributed by atoms with van der Waals surface area (Å²) in [6, 6.07) is -0.399. The van der Waals surface area contributed by atoms with Crippen molar-refractivity contribution in [3.05, 3.63) is 0 Å². The van der Waals surface area contributed by atoms with Crippen LogP contribution in [0.3, 0.4) is 0 Å². The number of likely N-dealkylation sites (tertiary alicyclic amines) is 1. The van der Waals surface area contributed by atoms with Crippen molar-refractivity contribution in [2.75, 3.05) is 26.2 Å². The number of amides is 3. The number of rotatable bonds is 4. The van der Waals surface area contributed by atoms with Gasteiger partial charge in [0.05, 0.1) is 6.54 Å². The lowest BCUT2D eigenvalue weighted by Gasteiger charge is -2.39. The number of nitrogens with zero attached hydrogens (tertiary/aromatic N) is 2. The fourth-order valence-electron chi connectivity index (χ4n) is 3.17. The van der Waals surface area contributed by atoms with E-state index < -0.39 is 11.6 Å². The van der Waals surface area contributed by atoms with Gasteiger partial charge in [0.15, 0.2) is 5.96 Å². The van der Waals surface area contributed by atoms with Gasteiger partial charge in [-0.2, -0.15) is 0 Å². The smallest absolute Gasteiger partial charge is 0.322 e. The lowest BCUT2D eigenvalue weighted by molar-refractivity contribution is -0.125. The average molecular weight is 319 g/mol. The molecule has 2 rings (SSSR count). The van der Waals surface area contributed by atoms with Crippen molar-refractivity contribution in [3.8, 4) is 12.3 Å². The van der Waals surface area contributed by atoms with E-state index in [9.17, 15) is 9.59 Å². The number of terminal acetylenes is 1. The van der Waals surface area contributed by atoms with Crippen LogP contribution in [0.4, 0.5) is 4.79 Å². The quantitative estimate of drug-likeness (QED) is 0.228. The normalized spacial score (nSPS) is 25.8. The van der Waals surface area contributed by atoms with E-state index in [4.69, 9.17) is 6.42 Å². The van der Waals surface area contributed by atoms with Gasteiger partial charge in [-0.15, -0.1) is 12.3 Å². The predicted octanol–water partition coefficient (Wildman–Crippen LogP) is 0.285. The molecule has 2 aliphatic rings. The topological polar surface area (TPSA) is 85.8 Å². The van der Waals surface area contributed by atoms with Crippen LogP contribution in [0.25, 0.3) is 0 Å². The summed E-state index contributed by atoms with van der Waals surface area (Å²) in [5.41, 5.74) is -0.803. The molecule has 126 valence electrons. The van der Waals surface area contributed by atoms with E-state index in [0.717, 1.165) is 38.4 Å². The van der Waals surface area contributed by atoms with Crippen molar-refractivity contribution in [2.45, 2.75) is 38.6 Å². The third-order valence-electron chi connectivity index (χ3n) is 4.54. The van der Waals surface area contributed by atoms with Crippen LogP contribution in [0.1, 0.15) is 33.1 Å². The Balaban J connectivity index is 1.97. The standard InChI is InChI=1S/C16H25N5O2/c1-4-6-9-18-14(17-5-2)21-10-7-12(8-11-21)16(3)13(22)19-15(23)20-16/h1,12H,5-11H2,2-3H3,(H,17,18)(H2,19,20,22,23). The van der Waals surface area contributed by atoms with Crippen LogP contribution in [0.5, 0.6) is 0 Å². The number of hydrogen-bond donors (Lipinski definition) is 3. The highest BCUT2D eigenvalue weighted by Crippen LogP contribution is 2.30. The summed E-state index contributed by atoms with van der Waals surface area (Å²) in [6.07, 6.45) is 7.54. The second kappa shape index (κ2) is 7.36. The van der Waals surface area contributed by atoms with E-state index in [1.807, 2.05) is 6.92 Å². The van der Waals surface area contributed by atoms with E-state index in [1.54, 1.807) is 6.92 Å². The van der Waals surface area contributed by atoms with Crippen LogP contribution >= 0.6 is 0 Å². The van der Waals surface area contributed by atoms with Crippen LogP contribution in [0.2, 0.25) is 0 Å². The maximum atomic E-state index is 12.0. The Hall–Kier alpha value is -2.23. The van der Waals surface area contributed by atoms with Crippen LogP contribution in [0, 0.1) is 18.3 Å². The molecule has 0 radical (unpaired) electrons. The molecule has 2 aliphatic heterocycles. The minimum absolute atomic E-state index is 0.124.